The number of benzene rings is 1. The fourth-order valence-electron chi connectivity index (χ4n) is 1.25. The quantitative estimate of drug-likeness (QED) is 0.695. The van der Waals surface area contributed by atoms with E-state index in [1.807, 2.05) is 31.2 Å². The normalized spacial score (nSPS) is 9.93. The molecule has 0 fully saturated rings. The average Bonchev–Trinajstić information content (AvgIpc) is 2.30. The van der Waals surface area contributed by atoms with Crippen LogP contribution in [0, 0.1) is 6.92 Å². The van der Waals surface area contributed by atoms with E-state index in [1.165, 1.54) is 18.0 Å². The standard InChI is InChI=1S/C12H10N2O/c1-9-2-4-11(5-3-9)12-13-6-10(8-15)7-14-12/h2-8H,1H3. The highest BCUT2D eigenvalue weighted by atomic mass is 16.1. The van der Waals surface area contributed by atoms with E-state index in [9.17, 15) is 4.79 Å². The van der Waals surface area contributed by atoms with E-state index in [4.69, 9.17) is 0 Å². The Hall–Kier alpha value is -2.03. The van der Waals surface area contributed by atoms with Crippen molar-refractivity contribution in [2.75, 3.05) is 0 Å². The van der Waals surface area contributed by atoms with E-state index in [0.29, 0.717) is 11.4 Å². The summed E-state index contributed by atoms with van der Waals surface area (Å²) >= 11 is 0. The van der Waals surface area contributed by atoms with Crippen LogP contribution >= 0.6 is 0 Å². The third-order valence-electron chi connectivity index (χ3n) is 2.12. The van der Waals surface area contributed by atoms with Crippen LogP contribution in [0.5, 0.6) is 0 Å². The number of rotatable bonds is 2. The number of aryl methyl sites for hydroxylation is 1. The van der Waals surface area contributed by atoms with Crippen LogP contribution in [0.1, 0.15) is 15.9 Å². The van der Waals surface area contributed by atoms with Gasteiger partial charge in [-0.2, -0.15) is 0 Å². The Balaban J connectivity index is 2.37. The molecule has 0 amide bonds. The molecule has 0 spiro atoms. The summed E-state index contributed by atoms with van der Waals surface area (Å²) in [6, 6.07) is 7.94. The molecule has 3 heteroatoms. The molecule has 3 nitrogen and oxygen atoms in total. The molecule has 2 aromatic rings. The van der Waals surface area contributed by atoms with E-state index in [2.05, 4.69) is 9.97 Å². The average molecular weight is 198 g/mol. The van der Waals surface area contributed by atoms with Gasteiger partial charge in [0.2, 0.25) is 0 Å². The van der Waals surface area contributed by atoms with Gasteiger partial charge in [0.15, 0.2) is 12.1 Å². The van der Waals surface area contributed by atoms with Gasteiger partial charge in [0.1, 0.15) is 0 Å². The molecule has 0 radical (unpaired) electrons. The second-order valence-electron chi connectivity index (χ2n) is 3.32. The summed E-state index contributed by atoms with van der Waals surface area (Å²) < 4.78 is 0. The Labute approximate surface area is 87.8 Å². The number of aldehydes is 1. The summed E-state index contributed by atoms with van der Waals surface area (Å²) in [5.41, 5.74) is 2.65. The number of hydrogen-bond donors (Lipinski definition) is 0. The predicted octanol–water partition coefficient (Wildman–Crippen LogP) is 2.26. The molecule has 0 atom stereocenters. The van der Waals surface area contributed by atoms with Gasteiger partial charge in [-0.3, -0.25) is 4.79 Å². The first-order valence-electron chi connectivity index (χ1n) is 4.64. The molecular formula is C12H10N2O. The van der Waals surface area contributed by atoms with Crippen molar-refractivity contribution in [3.8, 4) is 11.4 Å². The van der Waals surface area contributed by atoms with Gasteiger partial charge < -0.3 is 0 Å². The highest BCUT2D eigenvalue weighted by Gasteiger charge is 2.00. The molecular weight excluding hydrogens is 188 g/mol. The highest BCUT2D eigenvalue weighted by Crippen LogP contribution is 2.14. The van der Waals surface area contributed by atoms with Crippen LogP contribution < -0.4 is 0 Å². The molecule has 0 aliphatic carbocycles. The summed E-state index contributed by atoms with van der Waals surface area (Å²) in [5.74, 6) is 0.639. The molecule has 74 valence electrons. The van der Waals surface area contributed by atoms with Crippen molar-refractivity contribution < 1.29 is 4.79 Å². The van der Waals surface area contributed by atoms with E-state index in [1.54, 1.807) is 0 Å². The van der Waals surface area contributed by atoms with Crippen molar-refractivity contribution in [1.82, 2.24) is 9.97 Å². The van der Waals surface area contributed by atoms with E-state index < -0.39 is 0 Å². The second kappa shape index (κ2) is 4.00. The van der Waals surface area contributed by atoms with Crippen LogP contribution in [0.3, 0.4) is 0 Å². The Morgan fingerprint density at radius 1 is 1.07 bits per heavy atom. The zero-order valence-corrected chi connectivity index (χ0v) is 8.34. The summed E-state index contributed by atoms with van der Waals surface area (Å²) in [5, 5.41) is 0. The fraction of sp³-hybridized carbons (Fsp3) is 0.0833. The van der Waals surface area contributed by atoms with E-state index >= 15 is 0 Å². The lowest BCUT2D eigenvalue weighted by Crippen LogP contribution is -1.91. The SMILES string of the molecule is Cc1ccc(-c2ncc(C=O)cn2)cc1. The summed E-state index contributed by atoms with van der Waals surface area (Å²) in [6.07, 6.45) is 3.78. The largest absolute Gasteiger partial charge is 0.298 e. The minimum Gasteiger partial charge on any atom is -0.298 e. The Kier molecular flexibility index (Phi) is 2.54. The molecule has 1 aromatic carbocycles. The lowest BCUT2D eigenvalue weighted by atomic mass is 10.1. The molecule has 0 bridgehead atoms. The van der Waals surface area contributed by atoms with Crippen molar-refractivity contribution in [2.24, 2.45) is 0 Å². The zero-order valence-electron chi connectivity index (χ0n) is 8.34. The van der Waals surface area contributed by atoms with Crippen molar-refractivity contribution in [2.45, 2.75) is 6.92 Å². The Morgan fingerprint density at radius 2 is 1.67 bits per heavy atom. The second-order valence-corrected chi connectivity index (χ2v) is 3.32. The molecule has 0 N–H and O–H groups in total. The van der Waals surface area contributed by atoms with Crippen molar-refractivity contribution >= 4 is 6.29 Å². The molecule has 0 saturated heterocycles. The number of nitrogens with zero attached hydrogens (tertiary/aromatic N) is 2. The van der Waals surface area contributed by atoms with Gasteiger partial charge in [-0.1, -0.05) is 29.8 Å². The summed E-state index contributed by atoms with van der Waals surface area (Å²) in [4.78, 5) is 18.6. The molecule has 0 unspecified atom stereocenters. The zero-order chi connectivity index (χ0) is 10.7. The van der Waals surface area contributed by atoms with Crippen LogP contribution in [0.4, 0.5) is 0 Å². The molecule has 0 aliphatic heterocycles. The maximum Gasteiger partial charge on any atom is 0.159 e. The lowest BCUT2D eigenvalue weighted by molar-refractivity contribution is 0.112. The molecule has 2 rings (SSSR count). The molecule has 1 heterocycles. The summed E-state index contributed by atoms with van der Waals surface area (Å²) in [6.45, 7) is 2.03. The van der Waals surface area contributed by atoms with Crippen LogP contribution in [-0.4, -0.2) is 16.3 Å². The predicted molar refractivity (Wildman–Crippen MR) is 57.6 cm³/mol. The van der Waals surface area contributed by atoms with Crippen molar-refractivity contribution in [1.29, 1.82) is 0 Å². The minimum atomic E-state index is 0.492. The van der Waals surface area contributed by atoms with Gasteiger partial charge in [-0.25, -0.2) is 9.97 Å². The van der Waals surface area contributed by atoms with Gasteiger partial charge in [-0.15, -0.1) is 0 Å². The molecule has 0 saturated carbocycles. The van der Waals surface area contributed by atoms with Gasteiger partial charge in [0, 0.05) is 18.0 Å². The minimum absolute atomic E-state index is 0.492. The van der Waals surface area contributed by atoms with Gasteiger partial charge in [0.25, 0.3) is 0 Å². The number of hydrogen-bond acceptors (Lipinski definition) is 3. The van der Waals surface area contributed by atoms with Crippen molar-refractivity contribution in [3.05, 3.63) is 47.8 Å². The fourth-order valence-corrected chi connectivity index (χ4v) is 1.25. The Morgan fingerprint density at radius 3 is 2.20 bits per heavy atom. The molecule has 15 heavy (non-hydrogen) atoms. The first-order valence-corrected chi connectivity index (χ1v) is 4.64. The first kappa shape index (κ1) is 9.52. The first-order chi connectivity index (χ1) is 7.29. The smallest absolute Gasteiger partial charge is 0.159 e. The van der Waals surface area contributed by atoms with E-state index in [-0.39, 0.29) is 0 Å². The maximum atomic E-state index is 10.4. The van der Waals surface area contributed by atoms with Gasteiger partial charge in [-0.05, 0) is 6.92 Å². The van der Waals surface area contributed by atoms with Gasteiger partial charge in [0.05, 0.1) is 5.56 Å². The molecule has 1 aromatic heterocycles. The highest BCUT2D eigenvalue weighted by molar-refractivity contribution is 5.73. The van der Waals surface area contributed by atoms with Crippen LogP contribution in [0.25, 0.3) is 11.4 Å². The number of carbonyl (C=O) groups is 1. The van der Waals surface area contributed by atoms with Crippen LogP contribution in [0.2, 0.25) is 0 Å². The third kappa shape index (κ3) is 2.07. The summed E-state index contributed by atoms with van der Waals surface area (Å²) in [7, 11) is 0. The number of aromatic nitrogens is 2. The van der Waals surface area contributed by atoms with Crippen LogP contribution in [-0.2, 0) is 0 Å². The Bertz CT molecular complexity index is 460. The van der Waals surface area contributed by atoms with Crippen LogP contribution in [0.15, 0.2) is 36.7 Å². The molecule has 0 aliphatic rings. The number of carbonyl (C=O) groups excluding carboxylic acids is 1. The monoisotopic (exact) mass is 198 g/mol. The van der Waals surface area contributed by atoms with Crippen molar-refractivity contribution in [3.63, 3.8) is 0 Å². The van der Waals surface area contributed by atoms with Gasteiger partial charge >= 0.3 is 0 Å². The maximum absolute atomic E-state index is 10.4. The van der Waals surface area contributed by atoms with E-state index in [0.717, 1.165) is 11.8 Å². The third-order valence-corrected chi connectivity index (χ3v) is 2.12. The lowest BCUT2D eigenvalue weighted by Gasteiger charge is -1.99. The topological polar surface area (TPSA) is 42.9 Å².